The Morgan fingerprint density at radius 1 is 1.18 bits per heavy atom. The maximum atomic E-state index is 13.0. The Morgan fingerprint density at radius 2 is 1.90 bits per heavy atom. The van der Waals surface area contributed by atoms with E-state index in [2.05, 4.69) is 15.5 Å². The molecule has 2 aliphatic heterocycles. The Morgan fingerprint density at radius 3 is 2.58 bits per heavy atom. The minimum atomic E-state index is -0.784. The number of nitrogens with zero attached hydrogens (tertiary/aromatic N) is 3. The van der Waals surface area contributed by atoms with Crippen LogP contribution in [0.1, 0.15) is 63.7 Å². The number of carbonyl (C=O) groups excluding carboxylic acids is 2. The van der Waals surface area contributed by atoms with Crippen molar-refractivity contribution in [1.29, 1.82) is 0 Å². The van der Waals surface area contributed by atoms with Crippen molar-refractivity contribution in [2.45, 2.75) is 70.6 Å². The third kappa shape index (κ3) is 7.09. The molecule has 1 saturated heterocycles. The van der Waals surface area contributed by atoms with E-state index in [1.165, 1.54) is 19.5 Å². The molecule has 1 N–H and O–H groups in total. The summed E-state index contributed by atoms with van der Waals surface area (Å²) in [5.74, 6) is 0.368. The van der Waals surface area contributed by atoms with E-state index in [1.807, 2.05) is 27.7 Å². The number of oxime groups is 1. The number of amides is 2. The van der Waals surface area contributed by atoms with Crippen molar-refractivity contribution >= 4 is 46.6 Å². The quantitative estimate of drug-likeness (QED) is 0.398. The largest absolute Gasteiger partial charge is 0.493 e. The van der Waals surface area contributed by atoms with Gasteiger partial charge in [0.1, 0.15) is 12.2 Å². The first-order valence-corrected chi connectivity index (χ1v) is 13.8. The van der Waals surface area contributed by atoms with E-state index in [0.29, 0.717) is 30.0 Å². The molecule has 3 heterocycles. The standard InChI is InChI=1S/C28H34Cl2N4O6/c1-27(2,3)39-26(36)34-11-7-6-8-21(34)20-13-28(4,40-33-20)16-38-23-12-17(9-10-22(23)37-5)25(35)32-24-18(29)14-31-15-19(24)30/h9-10,12,14-15,21H,6-8,11,13,16H2,1-5H3,(H,31,32,35). The van der Waals surface area contributed by atoms with Crippen LogP contribution in [0.5, 0.6) is 11.5 Å². The number of hydrogen-bond donors (Lipinski definition) is 1. The monoisotopic (exact) mass is 592 g/mol. The zero-order chi connectivity index (χ0) is 29.1. The minimum Gasteiger partial charge on any atom is -0.493 e. The highest BCUT2D eigenvalue weighted by Crippen LogP contribution is 2.35. The number of halogens is 2. The van der Waals surface area contributed by atoms with Gasteiger partial charge in [-0.1, -0.05) is 28.4 Å². The Hall–Kier alpha value is -3.24. The van der Waals surface area contributed by atoms with Gasteiger partial charge >= 0.3 is 6.09 Å². The molecule has 40 heavy (non-hydrogen) atoms. The van der Waals surface area contributed by atoms with Crippen LogP contribution in [-0.4, -0.2) is 65.1 Å². The highest BCUT2D eigenvalue weighted by Gasteiger charge is 2.42. The molecule has 2 atom stereocenters. The van der Waals surface area contributed by atoms with Crippen LogP contribution in [0, 0.1) is 0 Å². The summed E-state index contributed by atoms with van der Waals surface area (Å²) < 4.78 is 17.2. The molecule has 1 aromatic carbocycles. The summed E-state index contributed by atoms with van der Waals surface area (Å²) in [7, 11) is 1.52. The van der Waals surface area contributed by atoms with E-state index in [0.717, 1.165) is 25.0 Å². The molecule has 2 aromatic rings. The summed E-state index contributed by atoms with van der Waals surface area (Å²) >= 11 is 12.3. The molecular formula is C28H34Cl2N4O6. The predicted molar refractivity (Wildman–Crippen MR) is 153 cm³/mol. The second kappa shape index (κ2) is 12.1. The highest BCUT2D eigenvalue weighted by atomic mass is 35.5. The first-order chi connectivity index (χ1) is 18.9. The van der Waals surface area contributed by atoms with E-state index in [-0.39, 0.29) is 34.5 Å². The number of nitrogens with one attached hydrogen (secondary N) is 1. The van der Waals surface area contributed by atoms with E-state index < -0.39 is 17.1 Å². The van der Waals surface area contributed by atoms with Crippen molar-refractivity contribution < 1.29 is 28.6 Å². The highest BCUT2D eigenvalue weighted by molar-refractivity contribution is 6.39. The van der Waals surface area contributed by atoms with Gasteiger partial charge in [-0.3, -0.25) is 14.7 Å². The summed E-state index contributed by atoms with van der Waals surface area (Å²) in [5, 5.41) is 7.51. The topological polar surface area (TPSA) is 112 Å². The summed E-state index contributed by atoms with van der Waals surface area (Å²) in [6.07, 6.45) is 5.59. The van der Waals surface area contributed by atoms with Crippen LogP contribution < -0.4 is 14.8 Å². The van der Waals surface area contributed by atoms with E-state index >= 15 is 0 Å². The van der Waals surface area contributed by atoms with E-state index in [9.17, 15) is 9.59 Å². The molecule has 10 nitrogen and oxygen atoms in total. The molecule has 0 spiro atoms. The fraction of sp³-hybridized carbons (Fsp3) is 0.500. The van der Waals surface area contributed by atoms with Gasteiger partial charge in [0.05, 0.1) is 34.6 Å². The molecule has 0 saturated carbocycles. The van der Waals surface area contributed by atoms with Gasteiger partial charge in [0.2, 0.25) is 0 Å². The lowest BCUT2D eigenvalue weighted by Crippen LogP contribution is -2.50. The molecule has 0 radical (unpaired) electrons. The molecule has 4 rings (SSSR count). The number of methoxy groups -OCH3 is 1. The van der Waals surface area contributed by atoms with Crippen LogP contribution in [-0.2, 0) is 9.57 Å². The first kappa shape index (κ1) is 29.7. The van der Waals surface area contributed by atoms with Crippen molar-refractivity contribution in [2.75, 3.05) is 25.6 Å². The number of hydrogen-bond acceptors (Lipinski definition) is 8. The zero-order valence-corrected chi connectivity index (χ0v) is 24.8. The summed E-state index contributed by atoms with van der Waals surface area (Å²) in [6.45, 7) is 8.18. The van der Waals surface area contributed by atoms with Crippen molar-refractivity contribution in [1.82, 2.24) is 9.88 Å². The molecule has 216 valence electrons. The average molecular weight is 594 g/mol. The van der Waals surface area contributed by atoms with Gasteiger partial charge in [-0.05, 0) is 65.2 Å². The van der Waals surface area contributed by atoms with Gasteiger partial charge in [-0.15, -0.1) is 0 Å². The van der Waals surface area contributed by atoms with Crippen LogP contribution in [0.25, 0.3) is 0 Å². The van der Waals surface area contributed by atoms with Gasteiger partial charge < -0.3 is 24.4 Å². The molecule has 2 amide bonds. The first-order valence-electron chi connectivity index (χ1n) is 13.0. The molecule has 2 aliphatic rings. The smallest absolute Gasteiger partial charge is 0.410 e. The SMILES string of the molecule is COc1ccc(C(=O)Nc2c(Cl)cncc2Cl)cc1OCC1(C)CC(C2CCCCN2C(=O)OC(C)(C)C)=NO1. The normalized spacial score (nSPS) is 20.8. The number of ether oxygens (including phenoxy) is 3. The van der Waals surface area contributed by atoms with Crippen LogP contribution in [0.3, 0.4) is 0 Å². The lowest BCUT2D eigenvalue weighted by atomic mass is 9.91. The fourth-order valence-corrected chi connectivity index (χ4v) is 5.03. The van der Waals surface area contributed by atoms with Crippen LogP contribution >= 0.6 is 23.2 Å². The minimum absolute atomic E-state index is 0.128. The maximum absolute atomic E-state index is 13.0. The van der Waals surface area contributed by atoms with Crippen molar-refractivity contribution in [3.8, 4) is 11.5 Å². The third-order valence-corrected chi connectivity index (χ3v) is 7.08. The summed E-state index contributed by atoms with van der Waals surface area (Å²) in [5.41, 5.74) is -0.0154. The number of rotatable bonds is 7. The molecule has 0 aliphatic carbocycles. The molecule has 0 bridgehead atoms. The van der Waals surface area contributed by atoms with E-state index in [4.69, 9.17) is 42.3 Å². The Balaban J connectivity index is 1.43. The van der Waals surface area contributed by atoms with Gasteiger partial charge in [-0.2, -0.15) is 0 Å². The lowest BCUT2D eigenvalue weighted by Gasteiger charge is -2.36. The number of carbonyl (C=O) groups is 2. The van der Waals surface area contributed by atoms with E-state index in [1.54, 1.807) is 23.1 Å². The number of piperidine rings is 1. The number of likely N-dealkylation sites (tertiary alicyclic amines) is 1. The predicted octanol–water partition coefficient (Wildman–Crippen LogP) is 6.35. The summed E-state index contributed by atoms with van der Waals surface area (Å²) in [6, 6.07) is 4.62. The molecule has 2 unspecified atom stereocenters. The molecular weight excluding hydrogens is 559 g/mol. The maximum Gasteiger partial charge on any atom is 0.410 e. The molecule has 12 heteroatoms. The second-order valence-corrected chi connectivity index (χ2v) is 11.9. The van der Waals surface area contributed by atoms with Crippen LogP contribution in [0.15, 0.2) is 35.7 Å². The number of aromatic nitrogens is 1. The number of pyridine rings is 1. The number of benzene rings is 1. The van der Waals surface area contributed by atoms with Crippen LogP contribution in [0.2, 0.25) is 10.0 Å². The molecule has 1 aromatic heterocycles. The van der Waals surface area contributed by atoms with Crippen molar-refractivity contribution in [3.63, 3.8) is 0 Å². The zero-order valence-electron chi connectivity index (χ0n) is 23.3. The van der Waals surface area contributed by atoms with Gasteiger partial charge in [0.15, 0.2) is 17.1 Å². The van der Waals surface area contributed by atoms with Crippen molar-refractivity contribution in [3.05, 3.63) is 46.2 Å². The number of anilines is 1. The van der Waals surface area contributed by atoms with Gasteiger partial charge in [0.25, 0.3) is 5.91 Å². The Labute approximate surface area is 243 Å². The van der Waals surface area contributed by atoms with Crippen LogP contribution in [0.4, 0.5) is 10.5 Å². The lowest BCUT2D eigenvalue weighted by molar-refractivity contribution is -0.0361. The third-order valence-electron chi connectivity index (χ3n) is 6.50. The fourth-order valence-electron chi connectivity index (χ4n) is 4.57. The Bertz CT molecular complexity index is 1280. The molecule has 1 fully saturated rings. The summed E-state index contributed by atoms with van der Waals surface area (Å²) in [4.78, 5) is 37.3. The average Bonchev–Trinajstić information content (AvgIpc) is 3.30. The Kier molecular flexibility index (Phi) is 8.99. The van der Waals surface area contributed by atoms with Crippen molar-refractivity contribution in [2.24, 2.45) is 5.16 Å². The van der Waals surface area contributed by atoms with Gasteiger partial charge in [0, 0.05) is 30.9 Å². The van der Waals surface area contributed by atoms with Gasteiger partial charge in [-0.25, -0.2) is 4.79 Å². The second-order valence-electron chi connectivity index (χ2n) is 11.1.